The molecule has 0 unspecified atom stereocenters. The molecule has 19 heavy (non-hydrogen) atoms. The van der Waals surface area contributed by atoms with Gasteiger partial charge >= 0.3 is 5.97 Å². The summed E-state index contributed by atoms with van der Waals surface area (Å²) >= 11 is 0. The highest BCUT2D eigenvalue weighted by Gasteiger charge is 2.16. The van der Waals surface area contributed by atoms with Gasteiger partial charge in [-0.3, -0.25) is 4.79 Å². The van der Waals surface area contributed by atoms with E-state index in [0.29, 0.717) is 25.2 Å². The van der Waals surface area contributed by atoms with Crippen LogP contribution in [0.1, 0.15) is 19.8 Å². The number of carboxylic acid groups (broad SMARTS) is 1. The molecule has 0 amide bonds. The average Bonchev–Trinajstić information content (AvgIpc) is 2.35. The lowest BCUT2D eigenvalue weighted by atomic mass is 10.3. The minimum Gasteiger partial charge on any atom is -0.481 e. The first-order chi connectivity index (χ1) is 8.97. The van der Waals surface area contributed by atoms with Crippen molar-refractivity contribution in [1.29, 1.82) is 0 Å². The van der Waals surface area contributed by atoms with Gasteiger partial charge in [-0.2, -0.15) is 0 Å². The van der Waals surface area contributed by atoms with Gasteiger partial charge in [0.15, 0.2) is 0 Å². The zero-order chi connectivity index (χ0) is 14.3. The van der Waals surface area contributed by atoms with Gasteiger partial charge in [0.05, 0.1) is 5.69 Å². The monoisotopic (exact) mass is 286 g/mol. The molecule has 106 valence electrons. The van der Waals surface area contributed by atoms with E-state index >= 15 is 0 Å². The fourth-order valence-corrected chi connectivity index (χ4v) is 2.80. The van der Waals surface area contributed by atoms with Crippen LogP contribution in [0.15, 0.2) is 29.2 Å². The molecule has 3 N–H and O–H groups in total. The summed E-state index contributed by atoms with van der Waals surface area (Å²) in [6.45, 7) is 2.43. The van der Waals surface area contributed by atoms with Gasteiger partial charge in [0.25, 0.3) is 0 Å². The average molecular weight is 286 g/mol. The summed E-state index contributed by atoms with van der Waals surface area (Å²) < 4.78 is 26.3. The van der Waals surface area contributed by atoms with Gasteiger partial charge < -0.3 is 10.4 Å². The summed E-state index contributed by atoms with van der Waals surface area (Å²) in [5, 5.41) is 11.5. The Kier molecular flexibility index (Phi) is 5.78. The number of carbonyl (C=O) groups is 1. The van der Waals surface area contributed by atoms with E-state index in [0.717, 1.165) is 0 Å². The highest BCUT2D eigenvalue weighted by molar-refractivity contribution is 7.89. The van der Waals surface area contributed by atoms with Gasteiger partial charge in [-0.15, -0.1) is 0 Å². The van der Waals surface area contributed by atoms with Gasteiger partial charge in [0, 0.05) is 19.5 Å². The van der Waals surface area contributed by atoms with Crippen molar-refractivity contribution in [3.8, 4) is 0 Å². The molecule has 0 saturated heterocycles. The number of hydrogen-bond donors (Lipinski definition) is 3. The van der Waals surface area contributed by atoms with Crippen LogP contribution >= 0.6 is 0 Å². The smallest absolute Gasteiger partial charge is 0.303 e. The predicted molar refractivity (Wildman–Crippen MR) is 72.7 cm³/mol. The number of aliphatic carboxylic acids is 1. The lowest BCUT2D eigenvalue weighted by molar-refractivity contribution is -0.137. The van der Waals surface area contributed by atoms with Crippen LogP contribution in [-0.2, 0) is 14.8 Å². The Hall–Kier alpha value is -1.60. The molecule has 0 radical (unpaired) electrons. The first-order valence-electron chi connectivity index (χ1n) is 6.01. The number of carboxylic acids is 1. The molecule has 0 fully saturated rings. The predicted octanol–water partition coefficient (Wildman–Crippen LogP) is 1.26. The zero-order valence-corrected chi connectivity index (χ0v) is 11.5. The van der Waals surface area contributed by atoms with Crippen molar-refractivity contribution in [2.75, 3.05) is 18.4 Å². The molecule has 0 aliphatic rings. The van der Waals surface area contributed by atoms with E-state index in [1.54, 1.807) is 25.1 Å². The molecule has 6 nitrogen and oxygen atoms in total. The first-order valence-corrected chi connectivity index (χ1v) is 7.50. The maximum absolute atomic E-state index is 11.9. The number of anilines is 1. The molecule has 1 aromatic carbocycles. The standard InChI is InChI=1S/C12H18N2O4S/c1-2-14-19(17,18)11-7-4-3-6-10(11)13-9-5-8-12(15)16/h3-4,6-7,13-14H,2,5,8-9H2,1H3,(H,15,16). The molecule has 0 heterocycles. The van der Waals surface area contributed by atoms with Gasteiger partial charge in [-0.25, -0.2) is 13.1 Å². The van der Waals surface area contributed by atoms with Gasteiger partial charge in [0.1, 0.15) is 4.90 Å². The highest BCUT2D eigenvalue weighted by atomic mass is 32.2. The Balaban J connectivity index is 2.76. The Bertz CT molecular complexity index is 528. The number of hydrogen-bond acceptors (Lipinski definition) is 4. The number of sulfonamides is 1. The SMILES string of the molecule is CCNS(=O)(=O)c1ccccc1NCCCC(=O)O. The quantitative estimate of drug-likeness (QED) is 0.625. The Morgan fingerprint density at radius 2 is 2.00 bits per heavy atom. The molecule has 1 rings (SSSR count). The second-order valence-electron chi connectivity index (χ2n) is 3.92. The van der Waals surface area contributed by atoms with Crippen LogP contribution < -0.4 is 10.0 Å². The summed E-state index contributed by atoms with van der Waals surface area (Å²) in [6.07, 6.45) is 0.486. The summed E-state index contributed by atoms with van der Waals surface area (Å²) in [7, 11) is -3.52. The van der Waals surface area contributed by atoms with Gasteiger partial charge in [-0.05, 0) is 18.6 Å². The summed E-state index contributed by atoms with van der Waals surface area (Å²) in [4.78, 5) is 10.6. The van der Waals surface area contributed by atoms with E-state index < -0.39 is 16.0 Å². The summed E-state index contributed by atoms with van der Waals surface area (Å²) in [5.41, 5.74) is 0.480. The Morgan fingerprint density at radius 1 is 1.32 bits per heavy atom. The lowest BCUT2D eigenvalue weighted by Gasteiger charge is -2.12. The molecule has 0 atom stereocenters. The van der Waals surface area contributed by atoms with Crippen molar-refractivity contribution in [2.24, 2.45) is 0 Å². The van der Waals surface area contributed by atoms with E-state index in [1.807, 2.05) is 0 Å². The van der Waals surface area contributed by atoms with E-state index in [1.165, 1.54) is 6.07 Å². The van der Waals surface area contributed by atoms with Crippen molar-refractivity contribution in [3.05, 3.63) is 24.3 Å². The van der Waals surface area contributed by atoms with Crippen LogP contribution in [0, 0.1) is 0 Å². The number of rotatable bonds is 8. The third-order valence-electron chi connectivity index (χ3n) is 2.39. The molecule has 1 aromatic rings. The minimum absolute atomic E-state index is 0.0507. The summed E-state index contributed by atoms with van der Waals surface area (Å²) in [6, 6.07) is 6.54. The zero-order valence-electron chi connectivity index (χ0n) is 10.7. The van der Waals surface area contributed by atoms with E-state index in [-0.39, 0.29) is 11.3 Å². The number of para-hydroxylation sites is 1. The normalized spacial score (nSPS) is 11.2. The Labute approximate surface area is 112 Å². The molecule has 0 aliphatic heterocycles. The topological polar surface area (TPSA) is 95.5 Å². The molecular formula is C12H18N2O4S. The number of nitrogens with one attached hydrogen (secondary N) is 2. The van der Waals surface area contributed by atoms with E-state index in [4.69, 9.17) is 5.11 Å². The fourth-order valence-electron chi connectivity index (χ4n) is 1.58. The molecule has 0 bridgehead atoms. The third kappa shape index (κ3) is 4.88. The van der Waals surface area contributed by atoms with Crippen LogP contribution in [0.2, 0.25) is 0 Å². The molecule has 0 aromatic heterocycles. The van der Waals surface area contributed by atoms with Crippen LogP contribution in [0.3, 0.4) is 0 Å². The van der Waals surface area contributed by atoms with Crippen LogP contribution in [0.5, 0.6) is 0 Å². The largest absolute Gasteiger partial charge is 0.481 e. The fraction of sp³-hybridized carbons (Fsp3) is 0.417. The molecular weight excluding hydrogens is 268 g/mol. The van der Waals surface area contributed by atoms with Gasteiger partial charge in [0.2, 0.25) is 10.0 Å². The number of benzene rings is 1. The van der Waals surface area contributed by atoms with Crippen LogP contribution in [0.25, 0.3) is 0 Å². The van der Waals surface area contributed by atoms with Crippen LogP contribution in [0.4, 0.5) is 5.69 Å². The highest BCUT2D eigenvalue weighted by Crippen LogP contribution is 2.20. The van der Waals surface area contributed by atoms with Crippen molar-refractivity contribution < 1.29 is 18.3 Å². The van der Waals surface area contributed by atoms with Crippen molar-refractivity contribution >= 4 is 21.7 Å². The second kappa shape index (κ2) is 7.10. The molecule has 0 spiro atoms. The first kappa shape index (κ1) is 15.5. The molecule has 7 heteroatoms. The third-order valence-corrected chi connectivity index (χ3v) is 4.00. The van der Waals surface area contributed by atoms with Gasteiger partial charge in [-0.1, -0.05) is 19.1 Å². The van der Waals surface area contributed by atoms with Crippen molar-refractivity contribution in [2.45, 2.75) is 24.7 Å². The second-order valence-corrected chi connectivity index (χ2v) is 5.66. The van der Waals surface area contributed by atoms with Crippen LogP contribution in [-0.4, -0.2) is 32.6 Å². The Morgan fingerprint density at radius 3 is 2.63 bits per heavy atom. The minimum atomic E-state index is -3.52. The van der Waals surface area contributed by atoms with E-state index in [9.17, 15) is 13.2 Å². The molecule has 0 aliphatic carbocycles. The lowest BCUT2D eigenvalue weighted by Crippen LogP contribution is -2.24. The maximum atomic E-state index is 11.9. The van der Waals surface area contributed by atoms with Crippen molar-refractivity contribution in [3.63, 3.8) is 0 Å². The summed E-state index contributed by atoms with van der Waals surface area (Å²) in [5.74, 6) is -0.865. The van der Waals surface area contributed by atoms with E-state index in [2.05, 4.69) is 10.0 Å². The van der Waals surface area contributed by atoms with Crippen molar-refractivity contribution in [1.82, 2.24) is 4.72 Å². The maximum Gasteiger partial charge on any atom is 0.303 e. The molecule has 0 saturated carbocycles.